The molecule has 0 bridgehead atoms. The number of aromatic hydroxyl groups is 1. The topological polar surface area (TPSA) is 40.5 Å². The Hall–Kier alpha value is -1.33. The lowest BCUT2D eigenvalue weighted by Gasteiger charge is -2.18. The quantitative estimate of drug-likeness (QED) is 0.841. The largest absolute Gasteiger partial charge is 0.508 e. The first kappa shape index (κ1) is 15.1. The number of carbonyl (C=O) groups is 1. The van der Waals surface area contributed by atoms with Crippen LogP contribution in [0.2, 0.25) is 0 Å². The lowest BCUT2D eigenvalue weighted by Crippen LogP contribution is -2.26. The molecule has 0 fully saturated rings. The number of hydrogen-bond donors (Lipinski definition) is 1. The lowest BCUT2D eigenvalue weighted by molar-refractivity contribution is 0.0784. The van der Waals surface area contributed by atoms with Crippen molar-refractivity contribution in [2.45, 2.75) is 6.54 Å². The molecule has 1 N–H and O–H groups in total. The fourth-order valence-corrected chi connectivity index (χ4v) is 3.09. The molecule has 0 saturated carbocycles. The van der Waals surface area contributed by atoms with Gasteiger partial charge >= 0.3 is 0 Å². The van der Waals surface area contributed by atoms with E-state index in [2.05, 4.69) is 31.9 Å². The van der Waals surface area contributed by atoms with Crippen molar-refractivity contribution in [3.05, 3.63) is 62.5 Å². The Morgan fingerprint density at radius 3 is 2.60 bits per heavy atom. The number of halogens is 2. The molecule has 0 unspecified atom stereocenters. The SMILES string of the molecule is CN(Cc1cccc(O)c1)C(=O)c1ccc(Br)cc1Br. The minimum atomic E-state index is -0.0762. The molecule has 1 amide bonds. The summed E-state index contributed by atoms with van der Waals surface area (Å²) in [4.78, 5) is 14.0. The minimum absolute atomic E-state index is 0.0762. The minimum Gasteiger partial charge on any atom is -0.508 e. The number of nitrogens with zero attached hydrogens (tertiary/aromatic N) is 1. The van der Waals surface area contributed by atoms with Crippen LogP contribution < -0.4 is 0 Å². The summed E-state index contributed by atoms with van der Waals surface area (Å²) in [6, 6.07) is 12.3. The van der Waals surface area contributed by atoms with Gasteiger partial charge in [0.05, 0.1) is 5.56 Å². The van der Waals surface area contributed by atoms with Gasteiger partial charge in [-0.1, -0.05) is 28.1 Å². The third-order valence-corrected chi connectivity index (χ3v) is 3.99. The van der Waals surface area contributed by atoms with Gasteiger partial charge in [0.2, 0.25) is 0 Å². The molecule has 0 aliphatic carbocycles. The predicted octanol–water partition coefficient (Wildman–Crippen LogP) is 4.19. The lowest BCUT2D eigenvalue weighted by atomic mass is 10.1. The van der Waals surface area contributed by atoms with Crippen molar-refractivity contribution >= 4 is 37.8 Å². The third-order valence-electron chi connectivity index (χ3n) is 2.84. The molecule has 0 aliphatic heterocycles. The van der Waals surface area contributed by atoms with Gasteiger partial charge in [-0.3, -0.25) is 4.79 Å². The summed E-state index contributed by atoms with van der Waals surface area (Å²) in [6.45, 7) is 0.440. The first-order chi connectivity index (χ1) is 9.47. The molecule has 0 radical (unpaired) electrons. The van der Waals surface area contributed by atoms with E-state index in [-0.39, 0.29) is 11.7 Å². The van der Waals surface area contributed by atoms with Gasteiger partial charge in [-0.15, -0.1) is 0 Å². The van der Waals surface area contributed by atoms with E-state index in [1.165, 1.54) is 0 Å². The number of phenolic OH excluding ortho intramolecular Hbond substituents is 1. The van der Waals surface area contributed by atoms with Crippen LogP contribution in [0.3, 0.4) is 0 Å². The standard InChI is InChI=1S/C15H13Br2NO2/c1-18(9-10-3-2-4-12(19)7-10)15(20)13-6-5-11(16)8-14(13)17/h2-8,19H,9H2,1H3. The highest BCUT2D eigenvalue weighted by atomic mass is 79.9. The van der Waals surface area contributed by atoms with Gasteiger partial charge in [-0.25, -0.2) is 0 Å². The van der Waals surface area contributed by atoms with Gasteiger partial charge in [0.1, 0.15) is 5.75 Å². The second kappa shape index (κ2) is 6.41. The fraction of sp³-hybridized carbons (Fsp3) is 0.133. The second-order valence-electron chi connectivity index (χ2n) is 4.46. The molecule has 2 aromatic carbocycles. The van der Waals surface area contributed by atoms with E-state index in [9.17, 15) is 9.90 Å². The van der Waals surface area contributed by atoms with Crippen LogP contribution in [0, 0.1) is 0 Å². The Morgan fingerprint density at radius 1 is 1.20 bits per heavy atom. The van der Waals surface area contributed by atoms with E-state index in [1.807, 2.05) is 18.2 Å². The molecular weight excluding hydrogens is 386 g/mol. The average Bonchev–Trinajstić information content (AvgIpc) is 2.38. The van der Waals surface area contributed by atoms with Gasteiger partial charge < -0.3 is 10.0 Å². The predicted molar refractivity (Wildman–Crippen MR) is 85.7 cm³/mol. The zero-order valence-corrected chi connectivity index (χ0v) is 14.0. The molecule has 20 heavy (non-hydrogen) atoms. The molecule has 3 nitrogen and oxygen atoms in total. The first-order valence-electron chi connectivity index (χ1n) is 5.96. The number of rotatable bonds is 3. The summed E-state index contributed by atoms with van der Waals surface area (Å²) in [5.41, 5.74) is 1.49. The summed E-state index contributed by atoms with van der Waals surface area (Å²) < 4.78 is 1.66. The highest BCUT2D eigenvalue weighted by molar-refractivity contribution is 9.11. The maximum Gasteiger partial charge on any atom is 0.255 e. The molecule has 2 aromatic rings. The Kier molecular flexibility index (Phi) is 4.83. The van der Waals surface area contributed by atoms with Crippen molar-refractivity contribution in [1.29, 1.82) is 0 Å². The molecule has 0 atom stereocenters. The van der Waals surface area contributed by atoms with Gasteiger partial charge in [0, 0.05) is 22.5 Å². The molecule has 0 aliphatic rings. The van der Waals surface area contributed by atoms with Crippen LogP contribution in [0.1, 0.15) is 15.9 Å². The third kappa shape index (κ3) is 3.61. The highest BCUT2D eigenvalue weighted by Gasteiger charge is 2.15. The van der Waals surface area contributed by atoms with Crippen LogP contribution in [0.25, 0.3) is 0 Å². The average molecular weight is 399 g/mol. The van der Waals surface area contributed by atoms with Crippen molar-refractivity contribution < 1.29 is 9.90 Å². The zero-order chi connectivity index (χ0) is 14.7. The van der Waals surface area contributed by atoms with Crippen molar-refractivity contribution in [2.24, 2.45) is 0 Å². The molecule has 0 heterocycles. The van der Waals surface area contributed by atoms with Crippen molar-refractivity contribution in [3.63, 3.8) is 0 Å². The van der Waals surface area contributed by atoms with E-state index in [1.54, 1.807) is 36.2 Å². The van der Waals surface area contributed by atoms with E-state index in [0.29, 0.717) is 12.1 Å². The number of hydrogen-bond acceptors (Lipinski definition) is 2. The monoisotopic (exact) mass is 397 g/mol. The van der Waals surface area contributed by atoms with E-state index in [0.717, 1.165) is 14.5 Å². The van der Waals surface area contributed by atoms with E-state index in [4.69, 9.17) is 0 Å². The Bertz CT molecular complexity index is 644. The summed E-state index contributed by atoms with van der Waals surface area (Å²) >= 11 is 6.76. The van der Waals surface area contributed by atoms with Crippen LogP contribution in [0.4, 0.5) is 0 Å². The Morgan fingerprint density at radius 2 is 1.95 bits per heavy atom. The molecule has 0 saturated heterocycles. The van der Waals surface area contributed by atoms with Crippen LogP contribution in [0.5, 0.6) is 5.75 Å². The zero-order valence-electron chi connectivity index (χ0n) is 10.8. The summed E-state index contributed by atoms with van der Waals surface area (Å²) in [5.74, 6) is 0.126. The maximum absolute atomic E-state index is 12.4. The summed E-state index contributed by atoms with van der Waals surface area (Å²) in [5, 5.41) is 9.44. The van der Waals surface area contributed by atoms with Gasteiger partial charge in [0.25, 0.3) is 5.91 Å². The molecule has 5 heteroatoms. The highest BCUT2D eigenvalue weighted by Crippen LogP contribution is 2.23. The molecule has 104 valence electrons. The fourth-order valence-electron chi connectivity index (χ4n) is 1.87. The van der Waals surface area contributed by atoms with E-state index < -0.39 is 0 Å². The van der Waals surface area contributed by atoms with Crippen LogP contribution in [0.15, 0.2) is 51.4 Å². The number of benzene rings is 2. The van der Waals surface area contributed by atoms with Gasteiger partial charge in [0.15, 0.2) is 0 Å². The van der Waals surface area contributed by atoms with Crippen molar-refractivity contribution in [1.82, 2.24) is 4.90 Å². The molecular formula is C15H13Br2NO2. The van der Waals surface area contributed by atoms with Gasteiger partial charge in [-0.2, -0.15) is 0 Å². The van der Waals surface area contributed by atoms with Crippen molar-refractivity contribution in [3.8, 4) is 5.75 Å². The molecule has 0 aromatic heterocycles. The Balaban J connectivity index is 2.16. The molecule has 0 spiro atoms. The molecule has 2 rings (SSSR count). The maximum atomic E-state index is 12.4. The summed E-state index contributed by atoms with van der Waals surface area (Å²) in [7, 11) is 1.74. The van der Waals surface area contributed by atoms with Crippen LogP contribution in [-0.2, 0) is 6.54 Å². The normalized spacial score (nSPS) is 10.3. The summed E-state index contributed by atoms with van der Waals surface area (Å²) in [6.07, 6.45) is 0. The number of carbonyl (C=O) groups excluding carboxylic acids is 1. The second-order valence-corrected chi connectivity index (χ2v) is 6.23. The van der Waals surface area contributed by atoms with Crippen LogP contribution in [-0.4, -0.2) is 23.0 Å². The van der Waals surface area contributed by atoms with Crippen molar-refractivity contribution in [2.75, 3.05) is 7.05 Å². The number of amides is 1. The Labute approximate surface area is 134 Å². The smallest absolute Gasteiger partial charge is 0.255 e. The van der Waals surface area contributed by atoms with E-state index >= 15 is 0 Å². The number of phenols is 1. The van der Waals surface area contributed by atoms with Crippen LogP contribution >= 0.6 is 31.9 Å². The van der Waals surface area contributed by atoms with Gasteiger partial charge in [-0.05, 0) is 51.8 Å². The first-order valence-corrected chi connectivity index (χ1v) is 7.54.